The summed E-state index contributed by atoms with van der Waals surface area (Å²) in [6, 6.07) is 12.6. The number of rotatable bonds is 7. The van der Waals surface area contributed by atoms with Gasteiger partial charge in [0.1, 0.15) is 0 Å². The van der Waals surface area contributed by atoms with Crippen LogP contribution in [-0.4, -0.2) is 29.3 Å². The van der Waals surface area contributed by atoms with Crippen molar-refractivity contribution in [1.29, 1.82) is 0 Å². The zero-order valence-electron chi connectivity index (χ0n) is 14.8. The van der Waals surface area contributed by atoms with Crippen molar-refractivity contribution >= 4 is 16.9 Å². The normalized spacial score (nSPS) is 11.8. The average Bonchev–Trinajstić information content (AvgIpc) is 3.28. The molecule has 0 bridgehead atoms. The van der Waals surface area contributed by atoms with Gasteiger partial charge in [0.05, 0.1) is 12.2 Å². The fourth-order valence-corrected chi connectivity index (χ4v) is 2.79. The zero-order valence-corrected chi connectivity index (χ0v) is 14.8. The highest BCUT2D eigenvalue weighted by Gasteiger charge is 2.04. The standard InChI is InChI=1S/C19H25N5O/c1-3-16-13-17(25-23-16)14-22-19(20-2)21-10-6-11-24-12-9-15-7-4-5-8-18(15)24/h4-5,7-9,12-13H,3,6,10-11,14H2,1-2H3,(H2,20,21,22). The Hall–Kier alpha value is -2.76. The molecule has 0 radical (unpaired) electrons. The molecule has 0 saturated heterocycles. The van der Waals surface area contributed by atoms with Crippen molar-refractivity contribution in [3.63, 3.8) is 0 Å². The second-order valence-corrected chi connectivity index (χ2v) is 5.91. The van der Waals surface area contributed by atoms with E-state index in [1.807, 2.05) is 6.07 Å². The molecule has 3 rings (SSSR count). The summed E-state index contributed by atoms with van der Waals surface area (Å²) in [5, 5.41) is 11.9. The molecule has 6 heteroatoms. The minimum Gasteiger partial charge on any atom is -0.359 e. The van der Waals surface area contributed by atoms with Crippen LogP contribution < -0.4 is 10.6 Å². The van der Waals surface area contributed by atoms with Gasteiger partial charge in [-0.2, -0.15) is 0 Å². The SMILES string of the molecule is CCc1cc(CNC(=NC)NCCCn2ccc3ccccc32)on1. The van der Waals surface area contributed by atoms with Crippen LogP contribution in [0.15, 0.2) is 52.1 Å². The molecule has 0 atom stereocenters. The first kappa shape index (κ1) is 17.1. The Labute approximate surface area is 147 Å². The molecule has 25 heavy (non-hydrogen) atoms. The summed E-state index contributed by atoms with van der Waals surface area (Å²) >= 11 is 0. The Kier molecular flexibility index (Phi) is 5.72. The highest BCUT2D eigenvalue weighted by Crippen LogP contribution is 2.15. The van der Waals surface area contributed by atoms with Gasteiger partial charge in [-0.15, -0.1) is 0 Å². The summed E-state index contributed by atoms with van der Waals surface area (Å²) in [5.74, 6) is 1.59. The number of hydrogen-bond donors (Lipinski definition) is 2. The summed E-state index contributed by atoms with van der Waals surface area (Å²) < 4.78 is 7.55. The Bertz CT molecular complexity index is 833. The van der Waals surface area contributed by atoms with Gasteiger partial charge in [-0.25, -0.2) is 0 Å². The third kappa shape index (κ3) is 4.41. The van der Waals surface area contributed by atoms with Gasteiger partial charge in [-0.05, 0) is 30.4 Å². The molecule has 0 amide bonds. The van der Waals surface area contributed by atoms with E-state index < -0.39 is 0 Å². The minimum absolute atomic E-state index is 0.578. The van der Waals surface area contributed by atoms with Crippen molar-refractivity contribution in [2.45, 2.75) is 32.9 Å². The largest absolute Gasteiger partial charge is 0.359 e. The fraction of sp³-hybridized carbons (Fsp3) is 0.368. The van der Waals surface area contributed by atoms with Crippen LogP contribution in [0, 0.1) is 0 Å². The van der Waals surface area contributed by atoms with Crippen LogP contribution in [0.4, 0.5) is 0 Å². The molecule has 0 aliphatic heterocycles. The second-order valence-electron chi connectivity index (χ2n) is 5.91. The van der Waals surface area contributed by atoms with Gasteiger partial charge in [0, 0.05) is 37.9 Å². The van der Waals surface area contributed by atoms with Crippen molar-refractivity contribution in [1.82, 2.24) is 20.4 Å². The summed E-state index contributed by atoms with van der Waals surface area (Å²) in [4.78, 5) is 4.24. The first-order chi connectivity index (χ1) is 12.3. The van der Waals surface area contributed by atoms with Gasteiger partial charge < -0.3 is 19.7 Å². The van der Waals surface area contributed by atoms with Crippen LogP contribution in [0.1, 0.15) is 24.8 Å². The van der Waals surface area contributed by atoms with E-state index in [4.69, 9.17) is 4.52 Å². The molecular formula is C19H25N5O. The van der Waals surface area contributed by atoms with Crippen LogP contribution in [0.5, 0.6) is 0 Å². The maximum absolute atomic E-state index is 5.27. The van der Waals surface area contributed by atoms with E-state index >= 15 is 0 Å². The minimum atomic E-state index is 0.578. The molecule has 0 unspecified atom stereocenters. The maximum atomic E-state index is 5.27. The molecule has 132 valence electrons. The summed E-state index contributed by atoms with van der Waals surface area (Å²) in [7, 11) is 1.77. The van der Waals surface area contributed by atoms with Crippen LogP contribution in [0.3, 0.4) is 0 Å². The predicted molar refractivity (Wildman–Crippen MR) is 101 cm³/mol. The lowest BCUT2D eigenvalue weighted by Crippen LogP contribution is -2.37. The van der Waals surface area contributed by atoms with E-state index in [9.17, 15) is 0 Å². The topological polar surface area (TPSA) is 67.4 Å². The third-order valence-corrected chi connectivity index (χ3v) is 4.17. The fourth-order valence-electron chi connectivity index (χ4n) is 2.79. The van der Waals surface area contributed by atoms with Crippen molar-refractivity contribution in [3.05, 3.63) is 54.0 Å². The number of benzene rings is 1. The van der Waals surface area contributed by atoms with Crippen molar-refractivity contribution in [3.8, 4) is 0 Å². The lowest BCUT2D eigenvalue weighted by atomic mass is 10.2. The van der Waals surface area contributed by atoms with Gasteiger partial charge in [-0.1, -0.05) is 30.3 Å². The van der Waals surface area contributed by atoms with Crippen molar-refractivity contribution < 1.29 is 4.52 Å². The Morgan fingerprint density at radius 2 is 2.12 bits per heavy atom. The molecular weight excluding hydrogens is 314 g/mol. The molecule has 0 saturated carbocycles. The smallest absolute Gasteiger partial charge is 0.191 e. The van der Waals surface area contributed by atoms with Gasteiger partial charge in [0.15, 0.2) is 11.7 Å². The molecule has 3 aromatic rings. The second kappa shape index (κ2) is 8.37. The quantitative estimate of drug-likeness (QED) is 0.394. The monoisotopic (exact) mass is 339 g/mol. The molecule has 2 aromatic heterocycles. The Morgan fingerprint density at radius 1 is 1.24 bits per heavy atom. The number of guanidine groups is 1. The maximum Gasteiger partial charge on any atom is 0.191 e. The van der Waals surface area contributed by atoms with Crippen LogP contribution in [-0.2, 0) is 19.5 Å². The number of hydrogen-bond acceptors (Lipinski definition) is 3. The number of nitrogens with one attached hydrogen (secondary N) is 2. The van der Waals surface area contributed by atoms with Gasteiger partial charge in [0.25, 0.3) is 0 Å². The van der Waals surface area contributed by atoms with Crippen LogP contribution >= 0.6 is 0 Å². The molecule has 0 aliphatic rings. The zero-order chi connectivity index (χ0) is 17.5. The van der Waals surface area contributed by atoms with E-state index in [1.165, 1.54) is 10.9 Å². The Morgan fingerprint density at radius 3 is 2.92 bits per heavy atom. The number of aliphatic imine (C=N–C) groups is 1. The van der Waals surface area contributed by atoms with Gasteiger partial charge >= 0.3 is 0 Å². The first-order valence-corrected chi connectivity index (χ1v) is 8.73. The van der Waals surface area contributed by atoms with Gasteiger partial charge in [-0.3, -0.25) is 4.99 Å². The number of aryl methyl sites for hydroxylation is 2. The predicted octanol–water partition coefficient (Wildman–Crippen LogP) is 2.95. The summed E-state index contributed by atoms with van der Waals surface area (Å²) in [6.07, 6.45) is 4.04. The Balaban J connectivity index is 1.42. The molecule has 6 nitrogen and oxygen atoms in total. The summed E-state index contributed by atoms with van der Waals surface area (Å²) in [6.45, 7) is 4.46. The molecule has 0 fully saturated rings. The lowest BCUT2D eigenvalue weighted by molar-refractivity contribution is 0.374. The van der Waals surface area contributed by atoms with Crippen LogP contribution in [0.2, 0.25) is 0 Å². The lowest BCUT2D eigenvalue weighted by Gasteiger charge is -2.11. The van der Waals surface area contributed by atoms with E-state index in [0.29, 0.717) is 6.54 Å². The van der Waals surface area contributed by atoms with E-state index in [0.717, 1.165) is 43.3 Å². The summed E-state index contributed by atoms with van der Waals surface area (Å²) in [5.41, 5.74) is 2.25. The van der Waals surface area contributed by atoms with E-state index in [1.54, 1.807) is 7.05 Å². The molecule has 2 heterocycles. The van der Waals surface area contributed by atoms with Crippen molar-refractivity contribution in [2.24, 2.45) is 4.99 Å². The van der Waals surface area contributed by atoms with E-state index in [2.05, 4.69) is 68.8 Å². The van der Waals surface area contributed by atoms with E-state index in [-0.39, 0.29) is 0 Å². The molecule has 2 N–H and O–H groups in total. The average molecular weight is 339 g/mol. The number of para-hydroxylation sites is 1. The first-order valence-electron chi connectivity index (χ1n) is 8.73. The molecule has 0 spiro atoms. The highest BCUT2D eigenvalue weighted by molar-refractivity contribution is 5.80. The van der Waals surface area contributed by atoms with Crippen molar-refractivity contribution in [2.75, 3.05) is 13.6 Å². The third-order valence-electron chi connectivity index (χ3n) is 4.17. The highest BCUT2D eigenvalue weighted by atomic mass is 16.5. The molecule has 1 aromatic carbocycles. The number of nitrogens with zero attached hydrogens (tertiary/aromatic N) is 3. The molecule has 0 aliphatic carbocycles. The van der Waals surface area contributed by atoms with Gasteiger partial charge in [0.2, 0.25) is 0 Å². The van der Waals surface area contributed by atoms with Crippen LogP contribution in [0.25, 0.3) is 10.9 Å². The number of fused-ring (bicyclic) bond motifs is 1. The number of aromatic nitrogens is 2.